The maximum absolute atomic E-state index is 12.3. The number of nitrogens with zero attached hydrogens (tertiary/aromatic N) is 1. The topological polar surface area (TPSA) is 101 Å². The second kappa shape index (κ2) is 9.16. The lowest BCUT2D eigenvalue weighted by atomic mass is 9.92. The van der Waals surface area contributed by atoms with Crippen LogP contribution in [0.5, 0.6) is 0 Å². The first-order valence-electron chi connectivity index (χ1n) is 7.41. The molecule has 6 nitrogen and oxygen atoms in total. The summed E-state index contributed by atoms with van der Waals surface area (Å²) < 4.78 is 36.9. The summed E-state index contributed by atoms with van der Waals surface area (Å²) in [5.74, 6) is -6.79. The number of alkyl halides is 3. The molecule has 1 fully saturated rings. The van der Waals surface area contributed by atoms with Crippen molar-refractivity contribution in [3.8, 4) is 0 Å². The Labute approximate surface area is 141 Å². The van der Waals surface area contributed by atoms with E-state index in [-0.39, 0.29) is 0 Å². The van der Waals surface area contributed by atoms with Gasteiger partial charge in [-0.1, -0.05) is 30.3 Å². The number of carboxylic acid groups (broad SMARTS) is 2. The van der Waals surface area contributed by atoms with Gasteiger partial charge in [0.1, 0.15) is 0 Å². The molecule has 0 spiro atoms. The number of piperidine rings is 1. The van der Waals surface area contributed by atoms with Crippen molar-refractivity contribution in [3.05, 3.63) is 35.9 Å². The SMILES string of the molecule is O=C(C1CCN(Cc2ccccc2)CC1)C(F)(F)F.O=C([O-])C(=O)[O-]. The van der Waals surface area contributed by atoms with E-state index in [9.17, 15) is 18.0 Å². The summed E-state index contributed by atoms with van der Waals surface area (Å²) >= 11 is 0. The average Bonchev–Trinajstić information content (AvgIpc) is 2.55. The highest BCUT2D eigenvalue weighted by Gasteiger charge is 2.43. The van der Waals surface area contributed by atoms with E-state index in [1.165, 1.54) is 0 Å². The lowest BCUT2D eigenvalue weighted by Crippen LogP contribution is -2.42. The second-order valence-corrected chi connectivity index (χ2v) is 5.47. The van der Waals surface area contributed by atoms with Gasteiger partial charge in [0.25, 0.3) is 0 Å². The molecule has 9 heteroatoms. The molecule has 0 saturated carbocycles. The Kier molecular flexibility index (Phi) is 7.56. The van der Waals surface area contributed by atoms with Crippen molar-refractivity contribution < 1.29 is 37.8 Å². The Morgan fingerprint density at radius 3 is 1.88 bits per heavy atom. The zero-order chi connectivity index (χ0) is 19.0. The molecule has 0 N–H and O–H groups in total. The lowest BCUT2D eigenvalue weighted by molar-refractivity contribution is -0.345. The first-order valence-corrected chi connectivity index (χ1v) is 7.41. The van der Waals surface area contributed by atoms with Crippen LogP contribution in [-0.4, -0.2) is 41.9 Å². The summed E-state index contributed by atoms with van der Waals surface area (Å²) in [5.41, 5.74) is 1.14. The lowest BCUT2D eigenvalue weighted by Gasteiger charge is -2.31. The van der Waals surface area contributed by atoms with Crippen molar-refractivity contribution in [2.75, 3.05) is 13.1 Å². The monoisotopic (exact) mass is 359 g/mol. The Balaban J connectivity index is 0.000000450. The van der Waals surface area contributed by atoms with E-state index in [1.54, 1.807) is 0 Å². The Morgan fingerprint density at radius 1 is 1.00 bits per heavy atom. The van der Waals surface area contributed by atoms with Crippen LogP contribution >= 0.6 is 0 Å². The average molecular weight is 359 g/mol. The molecule has 1 aromatic carbocycles. The molecule has 1 aliphatic heterocycles. The number of carboxylic acids is 2. The number of benzene rings is 1. The van der Waals surface area contributed by atoms with Crippen LogP contribution in [0.3, 0.4) is 0 Å². The van der Waals surface area contributed by atoms with Crippen LogP contribution in [-0.2, 0) is 20.9 Å². The molecule has 0 bridgehead atoms. The van der Waals surface area contributed by atoms with Gasteiger partial charge in [-0.05, 0) is 31.5 Å². The predicted molar refractivity (Wildman–Crippen MR) is 75.5 cm³/mol. The van der Waals surface area contributed by atoms with E-state index in [4.69, 9.17) is 19.8 Å². The number of Topliss-reactive ketones (excluding diaryl/α,β-unsaturated/α-hetero) is 1. The van der Waals surface area contributed by atoms with E-state index in [1.807, 2.05) is 30.3 Å². The first-order chi connectivity index (χ1) is 11.6. The number of likely N-dealkylation sites (tertiary alicyclic amines) is 1. The van der Waals surface area contributed by atoms with Crippen LogP contribution in [0.2, 0.25) is 0 Å². The minimum Gasteiger partial charge on any atom is -0.543 e. The second-order valence-electron chi connectivity index (χ2n) is 5.47. The summed E-state index contributed by atoms with van der Waals surface area (Å²) in [4.78, 5) is 31.1. The fraction of sp³-hybridized carbons (Fsp3) is 0.438. The molecular formula is C16H16F3NO5-2. The largest absolute Gasteiger partial charge is 0.543 e. The van der Waals surface area contributed by atoms with Crippen molar-refractivity contribution in [1.82, 2.24) is 4.90 Å². The number of hydrogen-bond acceptors (Lipinski definition) is 6. The molecule has 0 amide bonds. The molecule has 0 radical (unpaired) electrons. The molecule has 0 unspecified atom stereocenters. The Bertz CT molecular complexity index is 584. The van der Waals surface area contributed by atoms with E-state index in [0.717, 1.165) is 12.1 Å². The summed E-state index contributed by atoms with van der Waals surface area (Å²) in [7, 11) is 0. The van der Waals surface area contributed by atoms with Crippen LogP contribution in [0.4, 0.5) is 13.2 Å². The van der Waals surface area contributed by atoms with Gasteiger partial charge < -0.3 is 19.8 Å². The molecule has 1 heterocycles. The Hall–Kier alpha value is -2.42. The van der Waals surface area contributed by atoms with Crippen LogP contribution in [0.25, 0.3) is 0 Å². The van der Waals surface area contributed by atoms with E-state index in [2.05, 4.69) is 4.90 Å². The van der Waals surface area contributed by atoms with Crippen LogP contribution in [0.1, 0.15) is 18.4 Å². The normalized spacial score (nSPS) is 15.8. The fourth-order valence-corrected chi connectivity index (χ4v) is 2.43. The summed E-state index contributed by atoms with van der Waals surface area (Å²) in [6.45, 7) is 1.82. The number of aliphatic carboxylic acids is 2. The summed E-state index contributed by atoms with van der Waals surface area (Å²) in [5, 5.41) is 17.9. The minimum atomic E-state index is -4.69. The van der Waals surface area contributed by atoms with Crippen LogP contribution in [0.15, 0.2) is 30.3 Å². The van der Waals surface area contributed by atoms with Gasteiger partial charge in [-0.25, -0.2) is 0 Å². The number of hydrogen-bond donors (Lipinski definition) is 0. The smallest absolute Gasteiger partial charge is 0.450 e. The predicted octanol–water partition coefficient (Wildman–Crippen LogP) is -0.484. The third-order valence-corrected chi connectivity index (χ3v) is 3.65. The first kappa shape index (κ1) is 20.6. The highest BCUT2D eigenvalue weighted by atomic mass is 19.4. The number of carbonyl (C=O) groups is 3. The molecule has 0 atom stereocenters. The zero-order valence-electron chi connectivity index (χ0n) is 13.1. The fourth-order valence-electron chi connectivity index (χ4n) is 2.43. The summed E-state index contributed by atoms with van der Waals surface area (Å²) in [6, 6.07) is 9.79. The molecule has 25 heavy (non-hydrogen) atoms. The zero-order valence-corrected chi connectivity index (χ0v) is 13.1. The van der Waals surface area contributed by atoms with Gasteiger partial charge >= 0.3 is 6.18 Å². The molecule has 1 saturated heterocycles. The van der Waals surface area contributed by atoms with Crippen molar-refractivity contribution in [2.24, 2.45) is 5.92 Å². The molecule has 138 valence electrons. The molecule has 1 aromatic rings. The molecule has 1 aliphatic rings. The van der Waals surface area contributed by atoms with Gasteiger partial charge in [-0.2, -0.15) is 13.2 Å². The molecular weight excluding hydrogens is 343 g/mol. The molecule has 0 aromatic heterocycles. The van der Waals surface area contributed by atoms with Crippen molar-refractivity contribution in [2.45, 2.75) is 25.6 Å². The summed E-state index contributed by atoms with van der Waals surface area (Å²) in [6.07, 6.45) is -4.09. The highest BCUT2D eigenvalue weighted by molar-refractivity contribution is 6.25. The third-order valence-electron chi connectivity index (χ3n) is 3.65. The standard InChI is InChI=1S/C14H16F3NO.C2H2O4/c15-14(16,17)13(19)12-6-8-18(9-7-12)10-11-4-2-1-3-5-11;3-1(4)2(5)6/h1-5,12H,6-10H2;(H,3,4)(H,5,6)/p-2. The minimum absolute atomic E-state index is 0.297. The van der Waals surface area contributed by atoms with Gasteiger partial charge in [-0.15, -0.1) is 0 Å². The van der Waals surface area contributed by atoms with Crippen LogP contribution < -0.4 is 10.2 Å². The van der Waals surface area contributed by atoms with E-state index >= 15 is 0 Å². The number of ketones is 1. The van der Waals surface area contributed by atoms with Crippen LogP contribution in [0, 0.1) is 5.92 Å². The van der Waals surface area contributed by atoms with Crippen molar-refractivity contribution >= 4 is 17.7 Å². The van der Waals surface area contributed by atoms with Gasteiger partial charge in [0.15, 0.2) is 0 Å². The highest BCUT2D eigenvalue weighted by Crippen LogP contribution is 2.28. The maximum Gasteiger partial charge on any atom is 0.450 e. The van der Waals surface area contributed by atoms with E-state index < -0.39 is 29.8 Å². The molecule has 0 aliphatic carbocycles. The number of halogens is 3. The van der Waals surface area contributed by atoms with Gasteiger partial charge in [-0.3, -0.25) is 9.69 Å². The quantitative estimate of drug-likeness (QED) is 0.676. The van der Waals surface area contributed by atoms with E-state index in [0.29, 0.717) is 25.9 Å². The van der Waals surface area contributed by atoms with Crippen molar-refractivity contribution in [3.63, 3.8) is 0 Å². The Morgan fingerprint density at radius 2 is 1.48 bits per heavy atom. The van der Waals surface area contributed by atoms with Gasteiger partial charge in [0.05, 0.1) is 11.9 Å². The number of rotatable bonds is 3. The van der Waals surface area contributed by atoms with Gasteiger partial charge in [0, 0.05) is 12.5 Å². The maximum atomic E-state index is 12.3. The number of carbonyl (C=O) groups excluding carboxylic acids is 3. The third kappa shape index (κ3) is 7.34. The van der Waals surface area contributed by atoms with Gasteiger partial charge in [0.2, 0.25) is 5.78 Å². The molecule has 2 rings (SSSR count). The van der Waals surface area contributed by atoms with Crippen molar-refractivity contribution in [1.29, 1.82) is 0 Å².